The summed E-state index contributed by atoms with van der Waals surface area (Å²) < 4.78 is 26.0. The minimum atomic E-state index is -3.68. The molecule has 98 valence electrons. The third-order valence-corrected chi connectivity index (χ3v) is 3.91. The quantitative estimate of drug-likeness (QED) is 0.587. The van der Waals surface area contributed by atoms with Crippen molar-refractivity contribution in [2.75, 3.05) is 21.3 Å². The lowest BCUT2D eigenvalue weighted by Gasteiger charge is -2.08. The number of benzene rings is 1. The predicted molar refractivity (Wildman–Crippen MR) is 68.7 cm³/mol. The maximum Gasteiger partial charge on any atom is 0.400 e. The normalized spacial score (nSPS) is 11.7. The summed E-state index contributed by atoms with van der Waals surface area (Å²) in [6.45, 7) is 0. The topological polar surface area (TPSA) is 61.8 Å². The number of methoxy groups -OCH3 is 1. The molecule has 1 rings (SSSR count). The molecule has 0 bridgehead atoms. The third kappa shape index (κ3) is 3.53. The van der Waals surface area contributed by atoms with Crippen molar-refractivity contribution >= 4 is 19.2 Å². The van der Waals surface area contributed by atoms with Crippen molar-refractivity contribution in [3.8, 4) is 5.75 Å². The van der Waals surface area contributed by atoms with Gasteiger partial charge >= 0.3 is 7.60 Å². The van der Waals surface area contributed by atoms with Crippen LogP contribution in [0.1, 0.15) is 5.56 Å². The molecule has 6 heteroatoms. The second-order valence-corrected chi connectivity index (χ2v) is 5.48. The number of carbonyl (C=O) groups is 1. The zero-order valence-corrected chi connectivity index (χ0v) is 11.3. The Morgan fingerprint density at radius 3 is 2.44 bits per heavy atom. The number of hydrogen-bond donors (Lipinski definition) is 0. The lowest BCUT2D eigenvalue weighted by atomic mass is 10.2. The third-order valence-electron chi connectivity index (χ3n) is 2.26. The smallest absolute Gasteiger partial charge is 0.400 e. The molecule has 0 aliphatic heterocycles. The highest BCUT2D eigenvalue weighted by molar-refractivity contribution is 7.72. The van der Waals surface area contributed by atoms with E-state index >= 15 is 0 Å². The van der Waals surface area contributed by atoms with Crippen molar-refractivity contribution in [1.82, 2.24) is 0 Å². The molecule has 1 aromatic carbocycles. The Morgan fingerprint density at radius 2 is 1.89 bits per heavy atom. The maximum absolute atomic E-state index is 11.7. The van der Waals surface area contributed by atoms with Gasteiger partial charge in [-0.15, -0.1) is 0 Å². The highest BCUT2D eigenvalue weighted by Crippen LogP contribution is 2.47. The van der Waals surface area contributed by atoms with Crippen molar-refractivity contribution < 1.29 is 23.1 Å². The largest absolute Gasteiger partial charge is 0.497 e. The van der Waals surface area contributed by atoms with Crippen molar-refractivity contribution in [3.63, 3.8) is 0 Å². The zero-order chi connectivity index (χ0) is 13.6. The van der Waals surface area contributed by atoms with Gasteiger partial charge in [-0.25, -0.2) is 0 Å². The molecule has 0 unspecified atom stereocenters. The van der Waals surface area contributed by atoms with Crippen molar-refractivity contribution in [1.29, 1.82) is 0 Å². The van der Waals surface area contributed by atoms with Crippen LogP contribution >= 0.6 is 7.60 Å². The van der Waals surface area contributed by atoms with E-state index in [2.05, 4.69) is 9.05 Å². The molecule has 0 N–H and O–H groups in total. The number of rotatable bonds is 6. The Bertz CT molecular complexity index is 487. The Hall–Kier alpha value is -1.42. The van der Waals surface area contributed by atoms with Gasteiger partial charge in [0.05, 0.1) is 7.11 Å². The second kappa shape index (κ2) is 6.50. The van der Waals surface area contributed by atoms with E-state index in [1.807, 2.05) is 0 Å². The number of allylic oxidation sites excluding steroid dienone is 1. The molecular formula is C12H15O5P. The minimum Gasteiger partial charge on any atom is -0.497 e. The minimum absolute atomic E-state index is 0.672. The maximum atomic E-state index is 11.7. The summed E-state index contributed by atoms with van der Waals surface area (Å²) in [6.07, 6.45) is 2.69. The van der Waals surface area contributed by atoms with E-state index in [-0.39, 0.29) is 0 Å². The van der Waals surface area contributed by atoms with Crippen molar-refractivity contribution in [2.24, 2.45) is 0 Å². The van der Waals surface area contributed by atoms with Crippen LogP contribution in [0.25, 0.3) is 6.08 Å². The van der Waals surface area contributed by atoms with Crippen LogP contribution in [0.3, 0.4) is 0 Å². The SMILES string of the molecule is COc1cccc(/C=C/C(=O)P(=O)(OC)OC)c1. The first-order chi connectivity index (χ1) is 8.55. The molecule has 0 amide bonds. The van der Waals surface area contributed by atoms with Crippen LogP contribution in [-0.4, -0.2) is 26.9 Å². The summed E-state index contributed by atoms with van der Waals surface area (Å²) in [6, 6.07) is 7.11. The van der Waals surface area contributed by atoms with Gasteiger partial charge in [-0.05, 0) is 23.8 Å². The second-order valence-electron chi connectivity index (χ2n) is 3.31. The first kappa shape index (κ1) is 14.6. The molecule has 1 aromatic rings. The number of carbonyl (C=O) groups excluding carboxylic acids is 1. The van der Waals surface area contributed by atoms with E-state index < -0.39 is 13.1 Å². The summed E-state index contributed by atoms with van der Waals surface area (Å²) in [5.74, 6) is 0.672. The van der Waals surface area contributed by atoms with Gasteiger partial charge in [0.1, 0.15) is 5.75 Å². The molecule has 0 saturated heterocycles. The average Bonchev–Trinajstić information content (AvgIpc) is 2.43. The molecule has 0 saturated carbocycles. The van der Waals surface area contributed by atoms with E-state index in [0.717, 1.165) is 5.56 Å². The van der Waals surface area contributed by atoms with E-state index in [9.17, 15) is 9.36 Å². The van der Waals surface area contributed by atoms with E-state index in [1.165, 1.54) is 26.4 Å². The predicted octanol–water partition coefficient (Wildman–Crippen LogP) is 2.72. The Morgan fingerprint density at radius 1 is 1.22 bits per heavy atom. The molecule has 0 fully saturated rings. The van der Waals surface area contributed by atoms with Crippen LogP contribution in [0.5, 0.6) is 5.75 Å². The molecule has 0 aliphatic carbocycles. The molecule has 0 aliphatic rings. The monoisotopic (exact) mass is 270 g/mol. The Kier molecular flexibility index (Phi) is 5.28. The van der Waals surface area contributed by atoms with E-state index in [4.69, 9.17) is 4.74 Å². The van der Waals surface area contributed by atoms with Gasteiger partial charge in [-0.1, -0.05) is 18.2 Å². The molecule has 0 heterocycles. The van der Waals surface area contributed by atoms with Gasteiger partial charge in [0.15, 0.2) is 0 Å². The highest BCUT2D eigenvalue weighted by atomic mass is 31.2. The Labute approximate surface area is 106 Å². The van der Waals surface area contributed by atoms with Gasteiger partial charge in [0.25, 0.3) is 5.52 Å². The van der Waals surface area contributed by atoms with Gasteiger partial charge in [0, 0.05) is 14.2 Å². The zero-order valence-electron chi connectivity index (χ0n) is 10.5. The summed E-state index contributed by atoms with van der Waals surface area (Å²) >= 11 is 0. The number of hydrogen-bond acceptors (Lipinski definition) is 5. The fourth-order valence-corrected chi connectivity index (χ4v) is 2.02. The van der Waals surface area contributed by atoms with Crippen LogP contribution in [0, 0.1) is 0 Å². The highest BCUT2D eigenvalue weighted by Gasteiger charge is 2.29. The van der Waals surface area contributed by atoms with Crippen LogP contribution in [0.15, 0.2) is 30.3 Å². The summed E-state index contributed by atoms with van der Waals surface area (Å²) in [5, 5.41) is 0. The van der Waals surface area contributed by atoms with Crippen molar-refractivity contribution in [2.45, 2.75) is 0 Å². The van der Waals surface area contributed by atoms with Gasteiger partial charge in [0.2, 0.25) is 0 Å². The number of ether oxygens (including phenoxy) is 1. The van der Waals surface area contributed by atoms with Gasteiger partial charge in [-0.3, -0.25) is 9.36 Å². The Balaban J connectivity index is 2.86. The lowest BCUT2D eigenvalue weighted by Crippen LogP contribution is -1.99. The van der Waals surface area contributed by atoms with Gasteiger partial charge in [-0.2, -0.15) is 0 Å². The summed E-state index contributed by atoms with van der Waals surface area (Å²) in [5.41, 5.74) is 0.0526. The lowest BCUT2D eigenvalue weighted by molar-refractivity contribution is -0.109. The van der Waals surface area contributed by atoms with E-state index in [1.54, 1.807) is 31.4 Å². The molecule has 5 nitrogen and oxygen atoms in total. The first-order valence-corrected chi connectivity index (χ1v) is 6.68. The van der Waals surface area contributed by atoms with Gasteiger partial charge < -0.3 is 13.8 Å². The van der Waals surface area contributed by atoms with E-state index in [0.29, 0.717) is 5.75 Å². The average molecular weight is 270 g/mol. The summed E-state index contributed by atoms with van der Waals surface area (Å²) in [4.78, 5) is 11.6. The fourth-order valence-electron chi connectivity index (χ4n) is 1.26. The first-order valence-electron chi connectivity index (χ1n) is 5.14. The van der Waals surface area contributed by atoms with Crippen molar-refractivity contribution in [3.05, 3.63) is 35.9 Å². The molecule has 0 radical (unpaired) electrons. The fraction of sp³-hybridized carbons (Fsp3) is 0.250. The van der Waals surface area contributed by atoms with Crippen LogP contribution < -0.4 is 4.74 Å². The molecule has 0 spiro atoms. The standard InChI is InChI=1S/C12H15O5P/c1-15-11-6-4-5-10(9-11)7-8-12(13)18(14,16-2)17-3/h4-9H,1-3H3/b8-7+. The molecule has 0 aromatic heterocycles. The molecule has 18 heavy (non-hydrogen) atoms. The van der Waals surface area contributed by atoms with Crippen LogP contribution in [-0.2, 0) is 18.4 Å². The molecular weight excluding hydrogens is 255 g/mol. The summed E-state index contributed by atoms with van der Waals surface area (Å²) in [7, 11) is 0.205. The van der Waals surface area contributed by atoms with Crippen LogP contribution in [0.4, 0.5) is 0 Å². The molecule has 0 atom stereocenters. The van der Waals surface area contributed by atoms with Crippen LogP contribution in [0.2, 0.25) is 0 Å².